The van der Waals surface area contributed by atoms with Gasteiger partial charge in [-0.3, -0.25) is 9.59 Å². The van der Waals surface area contributed by atoms with Crippen molar-refractivity contribution in [3.05, 3.63) is 35.6 Å². The van der Waals surface area contributed by atoms with Gasteiger partial charge in [0.2, 0.25) is 11.8 Å². The molecule has 0 radical (unpaired) electrons. The fraction of sp³-hybridized carbons (Fsp3) is 0.556. The van der Waals surface area contributed by atoms with E-state index in [9.17, 15) is 19.1 Å². The highest BCUT2D eigenvalue weighted by Gasteiger charge is 2.28. The number of aliphatic hydroxyl groups is 1. The summed E-state index contributed by atoms with van der Waals surface area (Å²) in [6.07, 6.45) is 0.151. The summed E-state index contributed by atoms with van der Waals surface area (Å²) in [5.41, 5.74) is 0.176. The van der Waals surface area contributed by atoms with Crippen LogP contribution in [0.15, 0.2) is 24.3 Å². The average molecular weight is 336 g/mol. The lowest BCUT2D eigenvalue weighted by molar-refractivity contribution is -0.138. The number of benzene rings is 1. The van der Waals surface area contributed by atoms with Crippen molar-refractivity contribution >= 4 is 11.8 Å². The highest BCUT2D eigenvalue weighted by atomic mass is 19.1. The summed E-state index contributed by atoms with van der Waals surface area (Å²) in [5, 5.41) is 12.7. The molecule has 1 saturated heterocycles. The van der Waals surface area contributed by atoms with Crippen LogP contribution < -0.4 is 5.32 Å². The fourth-order valence-electron chi connectivity index (χ4n) is 2.92. The second kappa shape index (κ2) is 8.24. The molecule has 1 unspecified atom stereocenters. The number of likely N-dealkylation sites (tertiary alicyclic amines) is 1. The highest BCUT2D eigenvalue weighted by molar-refractivity contribution is 5.80. The Balaban J connectivity index is 1.80. The lowest BCUT2D eigenvalue weighted by atomic mass is 9.95. The monoisotopic (exact) mass is 336 g/mol. The molecule has 1 atom stereocenters. The van der Waals surface area contributed by atoms with Crippen LogP contribution in [0.25, 0.3) is 0 Å². The van der Waals surface area contributed by atoms with Crippen molar-refractivity contribution in [1.82, 2.24) is 10.2 Å². The SMILES string of the molecule is CC(C)C(=O)N1CCC(C(=O)NCC(O)c2ccccc2F)CC1. The normalized spacial score (nSPS) is 17.0. The molecule has 1 aliphatic rings. The van der Waals surface area contributed by atoms with Gasteiger partial charge in [0.25, 0.3) is 0 Å². The predicted octanol–water partition coefficient (Wildman–Crippen LogP) is 1.87. The predicted molar refractivity (Wildman–Crippen MR) is 88.5 cm³/mol. The van der Waals surface area contributed by atoms with Crippen LogP contribution in [0.5, 0.6) is 0 Å². The Bertz CT molecular complexity index is 583. The van der Waals surface area contributed by atoms with E-state index in [2.05, 4.69) is 5.32 Å². The number of hydrogen-bond acceptors (Lipinski definition) is 3. The van der Waals surface area contributed by atoms with Gasteiger partial charge in [-0.2, -0.15) is 0 Å². The molecule has 0 spiro atoms. The Morgan fingerprint density at radius 3 is 2.50 bits per heavy atom. The molecular formula is C18H25FN2O3. The largest absolute Gasteiger partial charge is 0.386 e. The second-order valence-corrected chi connectivity index (χ2v) is 6.54. The third-order valence-electron chi connectivity index (χ3n) is 4.41. The number of aliphatic hydroxyl groups excluding tert-OH is 1. The van der Waals surface area contributed by atoms with E-state index in [1.54, 1.807) is 17.0 Å². The van der Waals surface area contributed by atoms with Crippen molar-refractivity contribution < 1.29 is 19.1 Å². The quantitative estimate of drug-likeness (QED) is 0.862. The number of rotatable bonds is 5. The van der Waals surface area contributed by atoms with Gasteiger partial charge in [-0.25, -0.2) is 4.39 Å². The first-order valence-electron chi connectivity index (χ1n) is 8.39. The highest BCUT2D eigenvalue weighted by Crippen LogP contribution is 2.20. The van der Waals surface area contributed by atoms with E-state index in [-0.39, 0.29) is 35.8 Å². The molecular weight excluding hydrogens is 311 g/mol. The molecule has 1 aliphatic heterocycles. The van der Waals surface area contributed by atoms with Crippen molar-refractivity contribution in [3.8, 4) is 0 Å². The molecule has 0 aliphatic carbocycles. The molecule has 6 heteroatoms. The molecule has 2 rings (SSSR count). The van der Waals surface area contributed by atoms with Crippen LogP contribution in [0.3, 0.4) is 0 Å². The van der Waals surface area contributed by atoms with Crippen LogP contribution in [-0.4, -0.2) is 41.5 Å². The van der Waals surface area contributed by atoms with E-state index in [0.717, 1.165) is 0 Å². The van der Waals surface area contributed by atoms with Gasteiger partial charge in [-0.15, -0.1) is 0 Å². The van der Waals surface area contributed by atoms with Crippen LogP contribution in [0.4, 0.5) is 4.39 Å². The minimum Gasteiger partial charge on any atom is -0.386 e. The smallest absolute Gasteiger partial charge is 0.225 e. The Labute approximate surface area is 141 Å². The number of nitrogens with zero attached hydrogens (tertiary/aromatic N) is 1. The summed E-state index contributed by atoms with van der Waals surface area (Å²) in [6, 6.07) is 5.98. The van der Waals surface area contributed by atoms with Crippen LogP contribution in [0, 0.1) is 17.7 Å². The summed E-state index contributed by atoms with van der Waals surface area (Å²) in [4.78, 5) is 25.9. The van der Waals surface area contributed by atoms with Gasteiger partial charge < -0.3 is 15.3 Å². The lowest BCUT2D eigenvalue weighted by Gasteiger charge is -2.32. The van der Waals surface area contributed by atoms with Crippen molar-refractivity contribution in [3.63, 3.8) is 0 Å². The van der Waals surface area contributed by atoms with Crippen molar-refractivity contribution in [2.24, 2.45) is 11.8 Å². The molecule has 24 heavy (non-hydrogen) atoms. The second-order valence-electron chi connectivity index (χ2n) is 6.54. The molecule has 1 fully saturated rings. The van der Waals surface area contributed by atoms with Crippen LogP contribution in [0.1, 0.15) is 38.4 Å². The first-order chi connectivity index (χ1) is 11.4. The molecule has 0 bridgehead atoms. The number of carbonyl (C=O) groups excluding carboxylic acids is 2. The van der Waals surface area contributed by atoms with Gasteiger partial charge in [0.05, 0.1) is 6.10 Å². The molecule has 1 aromatic rings. The number of halogens is 1. The van der Waals surface area contributed by atoms with E-state index in [4.69, 9.17) is 0 Å². The van der Waals surface area contributed by atoms with Gasteiger partial charge in [0.15, 0.2) is 0 Å². The van der Waals surface area contributed by atoms with E-state index < -0.39 is 11.9 Å². The van der Waals surface area contributed by atoms with Crippen LogP contribution >= 0.6 is 0 Å². The molecule has 0 saturated carbocycles. The minimum absolute atomic E-state index is 0.0229. The van der Waals surface area contributed by atoms with Crippen LogP contribution in [0.2, 0.25) is 0 Å². The summed E-state index contributed by atoms with van der Waals surface area (Å²) in [6.45, 7) is 4.86. The van der Waals surface area contributed by atoms with Gasteiger partial charge >= 0.3 is 0 Å². The van der Waals surface area contributed by atoms with Crippen molar-refractivity contribution in [2.45, 2.75) is 32.8 Å². The van der Waals surface area contributed by atoms with Gasteiger partial charge in [0, 0.05) is 37.0 Å². The Morgan fingerprint density at radius 2 is 1.92 bits per heavy atom. The summed E-state index contributed by atoms with van der Waals surface area (Å²) >= 11 is 0. The third-order valence-corrected chi connectivity index (χ3v) is 4.41. The number of nitrogens with one attached hydrogen (secondary N) is 1. The maximum Gasteiger partial charge on any atom is 0.225 e. The Kier molecular flexibility index (Phi) is 6.31. The summed E-state index contributed by atoms with van der Waals surface area (Å²) < 4.78 is 13.6. The summed E-state index contributed by atoms with van der Waals surface area (Å²) in [7, 11) is 0. The van der Waals surface area contributed by atoms with E-state index in [1.807, 2.05) is 13.8 Å². The first-order valence-corrected chi connectivity index (χ1v) is 8.39. The fourth-order valence-corrected chi connectivity index (χ4v) is 2.92. The molecule has 2 amide bonds. The third kappa shape index (κ3) is 4.54. The van der Waals surface area contributed by atoms with Crippen molar-refractivity contribution in [1.29, 1.82) is 0 Å². The number of piperidine rings is 1. The molecule has 2 N–H and O–H groups in total. The molecule has 5 nitrogen and oxygen atoms in total. The molecule has 132 valence electrons. The van der Waals surface area contributed by atoms with E-state index >= 15 is 0 Å². The molecule has 0 aromatic heterocycles. The minimum atomic E-state index is -1.07. The zero-order valence-electron chi connectivity index (χ0n) is 14.2. The number of amides is 2. The van der Waals surface area contributed by atoms with Gasteiger partial charge in [-0.05, 0) is 18.9 Å². The Morgan fingerprint density at radius 1 is 1.29 bits per heavy atom. The molecule has 1 heterocycles. The topological polar surface area (TPSA) is 69.6 Å². The van der Waals surface area contributed by atoms with Gasteiger partial charge in [-0.1, -0.05) is 32.0 Å². The zero-order valence-corrected chi connectivity index (χ0v) is 14.2. The number of hydrogen-bond donors (Lipinski definition) is 2. The van der Waals surface area contributed by atoms with Crippen molar-refractivity contribution in [2.75, 3.05) is 19.6 Å². The van der Waals surface area contributed by atoms with Gasteiger partial charge in [0.1, 0.15) is 5.82 Å². The standard InChI is InChI=1S/C18H25FN2O3/c1-12(2)18(24)21-9-7-13(8-10-21)17(23)20-11-16(22)14-5-3-4-6-15(14)19/h3-6,12-13,16,22H,7-11H2,1-2H3,(H,20,23). The zero-order chi connectivity index (χ0) is 17.7. The van der Waals surface area contributed by atoms with E-state index in [0.29, 0.717) is 25.9 Å². The number of carbonyl (C=O) groups is 2. The Hall–Kier alpha value is -1.95. The van der Waals surface area contributed by atoms with E-state index in [1.165, 1.54) is 12.1 Å². The lowest BCUT2D eigenvalue weighted by Crippen LogP contribution is -2.44. The average Bonchev–Trinajstić information content (AvgIpc) is 2.59. The van der Waals surface area contributed by atoms with Crippen LogP contribution in [-0.2, 0) is 9.59 Å². The molecule has 1 aromatic carbocycles. The first kappa shape index (κ1) is 18.4. The maximum absolute atomic E-state index is 13.6. The summed E-state index contributed by atoms with van der Waals surface area (Å²) in [5.74, 6) is -0.731. The maximum atomic E-state index is 13.6.